The van der Waals surface area contributed by atoms with E-state index in [2.05, 4.69) is 36.5 Å². The van der Waals surface area contributed by atoms with Gasteiger partial charge in [0.25, 0.3) is 0 Å². The van der Waals surface area contributed by atoms with Gasteiger partial charge in [-0.25, -0.2) is 0 Å². The smallest absolute Gasteiger partial charge is 0.0950 e. The number of aryl methyl sites for hydroxylation is 1. The third-order valence-corrected chi connectivity index (χ3v) is 4.54. The van der Waals surface area contributed by atoms with Crippen molar-refractivity contribution in [2.45, 2.75) is 50.7 Å². The molecule has 1 unspecified atom stereocenters. The van der Waals surface area contributed by atoms with Crippen molar-refractivity contribution in [2.24, 2.45) is 0 Å². The number of nitrogens with one attached hydrogen (secondary N) is 1. The van der Waals surface area contributed by atoms with Crippen LogP contribution in [-0.2, 0) is 11.2 Å². The van der Waals surface area contributed by atoms with E-state index in [1.54, 1.807) is 0 Å². The molecular weight excluding hydrogens is 222 g/mol. The molecule has 2 nitrogen and oxygen atoms in total. The molecule has 1 aliphatic carbocycles. The van der Waals surface area contributed by atoms with Gasteiger partial charge in [0.1, 0.15) is 0 Å². The zero-order chi connectivity index (χ0) is 12.4. The lowest BCUT2D eigenvalue weighted by molar-refractivity contribution is -0.0326. The molecule has 3 rings (SSSR count). The summed E-state index contributed by atoms with van der Waals surface area (Å²) < 4.78 is 6.11. The van der Waals surface area contributed by atoms with Crippen LogP contribution in [0, 0.1) is 0 Å². The van der Waals surface area contributed by atoms with Crippen LogP contribution in [0.5, 0.6) is 0 Å². The van der Waals surface area contributed by atoms with Crippen molar-refractivity contribution in [1.82, 2.24) is 5.32 Å². The molecular formula is C16H23NO. The van der Waals surface area contributed by atoms with Crippen molar-refractivity contribution in [3.8, 4) is 0 Å². The first-order valence-electron chi connectivity index (χ1n) is 7.27. The maximum atomic E-state index is 6.11. The van der Waals surface area contributed by atoms with Crippen LogP contribution in [0.2, 0.25) is 0 Å². The lowest BCUT2D eigenvalue weighted by Crippen LogP contribution is -2.53. The quantitative estimate of drug-likeness (QED) is 0.863. The molecule has 2 aliphatic rings. The SMILES string of the molecule is CCc1ccc(C2CNC3(CCCC3)CO2)cc1. The van der Waals surface area contributed by atoms with Gasteiger partial charge in [-0.3, -0.25) is 0 Å². The summed E-state index contributed by atoms with van der Waals surface area (Å²) in [6.45, 7) is 4.04. The van der Waals surface area contributed by atoms with Gasteiger partial charge in [0.2, 0.25) is 0 Å². The molecule has 2 heteroatoms. The Hall–Kier alpha value is -0.860. The molecule has 1 N–H and O–H groups in total. The standard InChI is InChI=1S/C16H23NO/c1-2-13-5-7-14(8-6-13)15-11-17-16(12-18-15)9-3-4-10-16/h5-8,15,17H,2-4,9-12H2,1H3. The van der Waals surface area contributed by atoms with Gasteiger partial charge < -0.3 is 10.1 Å². The molecule has 18 heavy (non-hydrogen) atoms. The molecule has 0 bridgehead atoms. The Kier molecular flexibility index (Phi) is 3.40. The summed E-state index contributed by atoms with van der Waals surface area (Å²) in [6, 6.07) is 8.88. The minimum atomic E-state index is 0.238. The van der Waals surface area contributed by atoms with Crippen molar-refractivity contribution >= 4 is 0 Å². The van der Waals surface area contributed by atoms with Crippen LogP contribution < -0.4 is 5.32 Å². The van der Waals surface area contributed by atoms with Crippen LogP contribution in [0.15, 0.2) is 24.3 Å². The van der Waals surface area contributed by atoms with E-state index in [1.807, 2.05) is 0 Å². The average Bonchev–Trinajstić information content (AvgIpc) is 2.88. The van der Waals surface area contributed by atoms with Gasteiger partial charge in [-0.1, -0.05) is 44.0 Å². The van der Waals surface area contributed by atoms with Gasteiger partial charge in [-0.2, -0.15) is 0 Å². The Morgan fingerprint density at radius 2 is 1.94 bits per heavy atom. The van der Waals surface area contributed by atoms with Crippen molar-refractivity contribution < 1.29 is 4.74 Å². The van der Waals surface area contributed by atoms with Gasteiger partial charge in [0.05, 0.1) is 12.7 Å². The van der Waals surface area contributed by atoms with E-state index < -0.39 is 0 Å². The predicted molar refractivity (Wildman–Crippen MR) is 73.7 cm³/mol. The zero-order valence-electron chi connectivity index (χ0n) is 11.2. The second kappa shape index (κ2) is 5.02. The fourth-order valence-electron chi connectivity index (χ4n) is 3.23. The topological polar surface area (TPSA) is 21.3 Å². The number of hydrogen-bond acceptors (Lipinski definition) is 2. The molecule has 0 aromatic heterocycles. The molecule has 1 heterocycles. The maximum Gasteiger partial charge on any atom is 0.0950 e. The van der Waals surface area contributed by atoms with Crippen LogP contribution in [0.1, 0.15) is 49.8 Å². The van der Waals surface area contributed by atoms with Crippen LogP contribution >= 0.6 is 0 Å². The highest BCUT2D eigenvalue weighted by Gasteiger charge is 2.38. The first-order chi connectivity index (χ1) is 8.81. The number of benzene rings is 1. The van der Waals surface area contributed by atoms with Crippen LogP contribution in [0.4, 0.5) is 0 Å². The van der Waals surface area contributed by atoms with E-state index in [0.29, 0.717) is 5.54 Å². The van der Waals surface area contributed by atoms with E-state index >= 15 is 0 Å². The summed E-state index contributed by atoms with van der Waals surface area (Å²) in [5, 5.41) is 3.75. The first kappa shape index (κ1) is 12.2. The maximum absolute atomic E-state index is 6.11. The van der Waals surface area contributed by atoms with Crippen LogP contribution in [0.25, 0.3) is 0 Å². The summed E-state index contributed by atoms with van der Waals surface area (Å²) >= 11 is 0. The first-order valence-corrected chi connectivity index (χ1v) is 7.27. The van der Waals surface area contributed by atoms with Crippen molar-refractivity contribution in [2.75, 3.05) is 13.2 Å². The summed E-state index contributed by atoms with van der Waals surface area (Å²) in [5.41, 5.74) is 3.02. The highest BCUT2D eigenvalue weighted by Crippen LogP contribution is 2.34. The van der Waals surface area contributed by atoms with Gasteiger partial charge in [0, 0.05) is 12.1 Å². The number of rotatable bonds is 2. The van der Waals surface area contributed by atoms with Crippen LogP contribution in [-0.4, -0.2) is 18.7 Å². The fraction of sp³-hybridized carbons (Fsp3) is 0.625. The van der Waals surface area contributed by atoms with E-state index in [4.69, 9.17) is 4.74 Å². The highest BCUT2D eigenvalue weighted by molar-refractivity contribution is 5.25. The number of morpholine rings is 1. The highest BCUT2D eigenvalue weighted by atomic mass is 16.5. The Morgan fingerprint density at radius 1 is 1.22 bits per heavy atom. The minimum Gasteiger partial charge on any atom is -0.370 e. The van der Waals surface area contributed by atoms with Crippen LogP contribution in [0.3, 0.4) is 0 Å². The Bertz CT molecular complexity index is 382. The largest absolute Gasteiger partial charge is 0.370 e. The second-order valence-corrected chi connectivity index (χ2v) is 5.76. The normalized spacial score (nSPS) is 26.6. The zero-order valence-corrected chi connectivity index (χ0v) is 11.2. The van der Waals surface area contributed by atoms with E-state index in [-0.39, 0.29) is 6.10 Å². The fourth-order valence-corrected chi connectivity index (χ4v) is 3.23. The molecule has 0 amide bonds. The molecule has 1 aromatic carbocycles. The Morgan fingerprint density at radius 3 is 2.50 bits per heavy atom. The summed E-state index contributed by atoms with van der Waals surface area (Å²) in [4.78, 5) is 0. The molecule has 1 atom stereocenters. The van der Waals surface area contributed by atoms with Gasteiger partial charge >= 0.3 is 0 Å². The molecule has 0 radical (unpaired) electrons. The Labute approximate surface area is 110 Å². The van der Waals surface area contributed by atoms with Crippen molar-refractivity contribution in [3.63, 3.8) is 0 Å². The number of ether oxygens (including phenoxy) is 1. The Balaban J connectivity index is 1.64. The molecule has 1 aliphatic heterocycles. The molecule has 2 fully saturated rings. The van der Waals surface area contributed by atoms with Gasteiger partial charge in [-0.05, 0) is 30.4 Å². The summed E-state index contributed by atoms with van der Waals surface area (Å²) in [5.74, 6) is 0. The minimum absolute atomic E-state index is 0.238. The molecule has 1 saturated carbocycles. The predicted octanol–water partition coefficient (Wildman–Crippen LogP) is 3.22. The van der Waals surface area contributed by atoms with Crippen molar-refractivity contribution in [1.29, 1.82) is 0 Å². The molecule has 1 spiro atoms. The van der Waals surface area contributed by atoms with E-state index in [0.717, 1.165) is 19.6 Å². The second-order valence-electron chi connectivity index (χ2n) is 5.76. The van der Waals surface area contributed by atoms with Gasteiger partial charge in [0.15, 0.2) is 0 Å². The average molecular weight is 245 g/mol. The lowest BCUT2D eigenvalue weighted by atomic mass is 9.95. The monoisotopic (exact) mass is 245 g/mol. The third-order valence-electron chi connectivity index (χ3n) is 4.54. The lowest BCUT2D eigenvalue weighted by Gasteiger charge is -2.38. The molecule has 98 valence electrons. The molecule has 1 saturated heterocycles. The third kappa shape index (κ3) is 2.32. The summed E-state index contributed by atoms with van der Waals surface area (Å²) in [7, 11) is 0. The van der Waals surface area contributed by atoms with Gasteiger partial charge in [-0.15, -0.1) is 0 Å². The number of hydrogen-bond donors (Lipinski definition) is 1. The summed E-state index contributed by atoms with van der Waals surface area (Å²) in [6.07, 6.45) is 6.62. The van der Waals surface area contributed by atoms with Crippen molar-refractivity contribution in [3.05, 3.63) is 35.4 Å². The van der Waals surface area contributed by atoms with E-state index in [1.165, 1.54) is 36.8 Å². The molecule has 1 aromatic rings. The van der Waals surface area contributed by atoms with E-state index in [9.17, 15) is 0 Å².